The van der Waals surface area contributed by atoms with Gasteiger partial charge in [0.25, 0.3) is 5.91 Å². The highest BCUT2D eigenvalue weighted by Crippen LogP contribution is 2.38. The van der Waals surface area contributed by atoms with Crippen LogP contribution in [0.2, 0.25) is 0 Å². The molecular weight excluding hydrogens is 746 g/mol. The number of nitrogens with zero attached hydrogens (tertiary/aromatic N) is 7. The van der Waals surface area contributed by atoms with E-state index in [2.05, 4.69) is 20.5 Å². The van der Waals surface area contributed by atoms with Crippen LogP contribution in [0.1, 0.15) is 90.3 Å². The fourth-order valence-corrected chi connectivity index (χ4v) is 8.82. The number of aromatic nitrogens is 5. The number of para-hydroxylation sites is 1. The van der Waals surface area contributed by atoms with Crippen molar-refractivity contribution in [1.29, 1.82) is 5.26 Å². The third-order valence-corrected chi connectivity index (χ3v) is 11.7. The van der Waals surface area contributed by atoms with E-state index in [0.29, 0.717) is 40.8 Å². The van der Waals surface area contributed by atoms with Crippen molar-refractivity contribution in [2.45, 2.75) is 75.3 Å². The molecule has 0 bridgehead atoms. The van der Waals surface area contributed by atoms with Gasteiger partial charge in [-0.2, -0.15) is 23.5 Å². The molecule has 5 heterocycles. The molecule has 2 aromatic carbocycles. The van der Waals surface area contributed by atoms with E-state index in [1.807, 2.05) is 23.0 Å². The Bertz CT molecular complexity index is 2510. The fraction of sp³-hybridized carbons (Fsp3) is 0.425. The SMILES string of the molecule is Cn1c(=O)n(C2CCC(=O)NC2=O)c2cccc([C@@H]3CCN(CC4CCC(n5cc6cc(NC(=O)c7cccc(C(F)(F)F)n7)c(C#N)cc6n5)CC4)C[C@H]3F)c21. The van der Waals surface area contributed by atoms with Gasteiger partial charge in [-0.15, -0.1) is 0 Å². The normalized spacial score (nSPS) is 23.4. The Morgan fingerprint density at radius 1 is 1.04 bits per heavy atom. The summed E-state index contributed by atoms with van der Waals surface area (Å²) in [7, 11) is 1.63. The standard InChI is InChI=1S/C40H39F4N9O4/c1-50-36-27(4-2-6-32(36)53(39(50)57)33-12-13-35(54)48-38(33)56)26-14-15-51(21-28(26)41)19-22-8-10-25(11-9-22)52-20-24-17-30(23(18-45)16-31(24)49-52)47-37(55)29-5-3-7-34(46-29)40(42,43)44/h2-7,16-17,20,22,25-26,28,33H,8-15,19,21H2,1H3,(H,47,55)(H,48,54,56)/t22?,25?,26-,28+,33?/m0/s1. The van der Waals surface area contributed by atoms with Crippen molar-refractivity contribution in [3.05, 3.63) is 87.7 Å². The van der Waals surface area contributed by atoms with Crippen LogP contribution in [0.4, 0.5) is 23.2 Å². The number of alkyl halides is 4. The van der Waals surface area contributed by atoms with Gasteiger partial charge in [-0.25, -0.2) is 14.2 Å². The minimum absolute atomic E-state index is 0.0887. The van der Waals surface area contributed by atoms with E-state index in [1.165, 1.54) is 21.3 Å². The van der Waals surface area contributed by atoms with Gasteiger partial charge in [-0.05, 0) is 86.9 Å². The van der Waals surface area contributed by atoms with Crippen molar-refractivity contribution in [2.75, 3.05) is 25.0 Å². The van der Waals surface area contributed by atoms with E-state index < -0.39 is 47.5 Å². The molecule has 2 N–H and O–H groups in total. The first-order chi connectivity index (χ1) is 27.3. The molecule has 13 nitrogen and oxygen atoms in total. The van der Waals surface area contributed by atoms with Crippen LogP contribution in [0.3, 0.4) is 0 Å². The van der Waals surface area contributed by atoms with E-state index in [0.717, 1.165) is 49.9 Å². The van der Waals surface area contributed by atoms with Crippen LogP contribution in [0.15, 0.2) is 59.5 Å². The molecule has 17 heteroatoms. The number of carbonyl (C=O) groups is 3. The molecule has 3 atom stereocenters. The van der Waals surface area contributed by atoms with Gasteiger partial charge >= 0.3 is 11.9 Å². The number of likely N-dealkylation sites (tertiary alicyclic amines) is 1. The first-order valence-electron chi connectivity index (χ1n) is 19.0. The summed E-state index contributed by atoms with van der Waals surface area (Å²) in [4.78, 5) is 56.3. The number of benzene rings is 2. The molecule has 3 fully saturated rings. The smallest absolute Gasteiger partial charge is 0.319 e. The molecule has 2 saturated heterocycles. The molecule has 2 aliphatic heterocycles. The van der Waals surface area contributed by atoms with E-state index in [9.17, 15) is 37.6 Å². The molecule has 8 rings (SSSR count). The maximum Gasteiger partial charge on any atom is 0.433 e. The second kappa shape index (κ2) is 14.9. The zero-order chi connectivity index (χ0) is 40.2. The number of halogens is 4. The highest BCUT2D eigenvalue weighted by molar-refractivity contribution is 6.05. The molecule has 1 unspecified atom stereocenters. The highest BCUT2D eigenvalue weighted by atomic mass is 19.4. The Morgan fingerprint density at radius 2 is 1.81 bits per heavy atom. The minimum Gasteiger partial charge on any atom is -0.319 e. The van der Waals surface area contributed by atoms with Crippen molar-refractivity contribution in [2.24, 2.45) is 13.0 Å². The topological polar surface area (TPSA) is 160 Å². The Hall–Kier alpha value is -5.89. The number of imidazole rings is 1. The van der Waals surface area contributed by atoms with Crippen molar-refractivity contribution in [3.63, 3.8) is 0 Å². The van der Waals surface area contributed by atoms with Crippen molar-refractivity contribution >= 4 is 45.3 Å². The molecule has 1 aliphatic carbocycles. The number of hydrogen-bond acceptors (Lipinski definition) is 8. The predicted molar refractivity (Wildman–Crippen MR) is 200 cm³/mol. The molecule has 0 radical (unpaired) electrons. The Kier molecular flexibility index (Phi) is 9.92. The minimum atomic E-state index is -4.71. The average molecular weight is 786 g/mol. The average Bonchev–Trinajstić information content (AvgIpc) is 3.71. The second-order valence-electron chi connectivity index (χ2n) is 15.3. The molecule has 3 aliphatic rings. The number of amides is 3. The summed E-state index contributed by atoms with van der Waals surface area (Å²) in [5, 5.41) is 20.0. The number of hydrogen-bond donors (Lipinski definition) is 2. The van der Waals surface area contributed by atoms with Crippen LogP contribution in [0.25, 0.3) is 21.9 Å². The maximum absolute atomic E-state index is 16.1. The number of imide groups is 1. The molecular formula is C40H39F4N9O4. The number of pyridine rings is 1. The first kappa shape index (κ1) is 38.0. The summed E-state index contributed by atoms with van der Waals surface area (Å²) in [6.45, 7) is 1.71. The number of piperidine rings is 2. The molecule has 3 aromatic heterocycles. The number of nitriles is 1. The number of rotatable bonds is 7. The van der Waals surface area contributed by atoms with Crippen molar-refractivity contribution < 1.29 is 31.9 Å². The lowest BCUT2D eigenvalue weighted by Crippen LogP contribution is -2.44. The van der Waals surface area contributed by atoms with Gasteiger partial charge in [0.05, 0.1) is 33.8 Å². The quantitative estimate of drug-likeness (QED) is 0.156. The molecule has 1 saturated carbocycles. The molecule has 57 heavy (non-hydrogen) atoms. The first-order valence-corrected chi connectivity index (χ1v) is 19.0. The van der Waals surface area contributed by atoms with Crippen LogP contribution >= 0.6 is 0 Å². The van der Waals surface area contributed by atoms with Crippen molar-refractivity contribution in [3.8, 4) is 6.07 Å². The van der Waals surface area contributed by atoms with Crippen LogP contribution in [0, 0.1) is 17.2 Å². The summed E-state index contributed by atoms with van der Waals surface area (Å²) in [6, 6.07) is 12.9. The molecule has 0 spiro atoms. The monoisotopic (exact) mass is 785 g/mol. The number of carbonyl (C=O) groups excluding carboxylic acids is 3. The van der Waals surface area contributed by atoms with Gasteiger partial charge in [0.1, 0.15) is 29.7 Å². The lowest BCUT2D eigenvalue weighted by atomic mass is 9.83. The van der Waals surface area contributed by atoms with Gasteiger partial charge in [0, 0.05) is 44.1 Å². The molecule has 296 valence electrons. The van der Waals surface area contributed by atoms with Crippen LogP contribution in [0.5, 0.6) is 0 Å². The van der Waals surface area contributed by atoms with Crippen LogP contribution in [-0.4, -0.2) is 72.3 Å². The van der Waals surface area contributed by atoms with E-state index >= 15 is 4.39 Å². The van der Waals surface area contributed by atoms with E-state index in [4.69, 9.17) is 5.10 Å². The Morgan fingerprint density at radius 3 is 2.53 bits per heavy atom. The number of anilines is 1. The van der Waals surface area contributed by atoms with Crippen LogP contribution in [-0.2, 0) is 22.8 Å². The third-order valence-electron chi connectivity index (χ3n) is 11.7. The summed E-state index contributed by atoms with van der Waals surface area (Å²) >= 11 is 0. The third kappa shape index (κ3) is 7.29. The summed E-state index contributed by atoms with van der Waals surface area (Å²) in [6.07, 6.45) is 0.369. The summed E-state index contributed by atoms with van der Waals surface area (Å²) in [5.41, 5.74) is 0.680. The van der Waals surface area contributed by atoms with E-state index in [-0.39, 0.29) is 48.3 Å². The largest absolute Gasteiger partial charge is 0.433 e. The fourth-order valence-electron chi connectivity index (χ4n) is 8.82. The summed E-state index contributed by atoms with van der Waals surface area (Å²) in [5.74, 6) is -1.82. The number of aryl methyl sites for hydroxylation is 1. The Labute approximate surface area is 323 Å². The van der Waals surface area contributed by atoms with Gasteiger partial charge in [-0.3, -0.25) is 33.5 Å². The maximum atomic E-state index is 16.1. The highest BCUT2D eigenvalue weighted by Gasteiger charge is 2.37. The van der Waals surface area contributed by atoms with Gasteiger partial charge in [0.15, 0.2) is 0 Å². The number of nitrogens with one attached hydrogen (secondary N) is 2. The lowest BCUT2D eigenvalue weighted by molar-refractivity contribution is -0.141. The van der Waals surface area contributed by atoms with E-state index in [1.54, 1.807) is 25.2 Å². The number of fused-ring (bicyclic) bond motifs is 2. The van der Waals surface area contributed by atoms with Gasteiger partial charge in [0.2, 0.25) is 11.8 Å². The van der Waals surface area contributed by atoms with Gasteiger partial charge < -0.3 is 10.2 Å². The Balaban J connectivity index is 0.894. The summed E-state index contributed by atoms with van der Waals surface area (Å²) < 4.78 is 60.3. The van der Waals surface area contributed by atoms with Gasteiger partial charge in [-0.1, -0.05) is 18.2 Å². The molecule has 5 aromatic rings. The second-order valence-corrected chi connectivity index (χ2v) is 15.3. The zero-order valence-corrected chi connectivity index (χ0v) is 30.9. The van der Waals surface area contributed by atoms with Crippen LogP contribution < -0.4 is 16.3 Å². The lowest BCUT2D eigenvalue weighted by Gasteiger charge is -2.38. The molecule has 3 amide bonds. The zero-order valence-electron chi connectivity index (χ0n) is 30.9. The van der Waals surface area contributed by atoms with Crippen molar-refractivity contribution in [1.82, 2.24) is 34.1 Å². The predicted octanol–water partition coefficient (Wildman–Crippen LogP) is 5.76.